The number of benzene rings is 2. The van der Waals surface area contributed by atoms with Crippen molar-refractivity contribution in [2.75, 3.05) is 18.4 Å². The SMILES string of the molecule is CCCN(CC1=NS(=O)(=O)c2ccccc2N1)Cc1ccccc1. The zero-order valence-electron chi connectivity index (χ0n) is 13.6. The van der Waals surface area contributed by atoms with Gasteiger partial charge in [-0.3, -0.25) is 4.90 Å². The van der Waals surface area contributed by atoms with Gasteiger partial charge >= 0.3 is 0 Å². The van der Waals surface area contributed by atoms with E-state index in [0.29, 0.717) is 18.1 Å². The van der Waals surface area contributed by atoms with Crippen LogP contribution in [0.5, 0.6) is 0 Å². The Bertz CT molecular complexity index is 832. The van der Waals surface area contributed by atoms with E-state index in [-0.39, 0.29) is 4.90 Å². The quantitative estimate of drug-likeness (QED) is 0.875. The Morgan fingerprint density at radius 3 is 2.46 bits per heavy atom. The number of nitrogens with one attached hydrogen (secondary N) is 1. The molecule has 2 aromatic rings. The van der Waals surface area contributed by atoms with Gasteiger partial charge in [-0.1, -0.05) is 49.4 Å². The molecule has 24 heavy (non-hydrogen) atoms. The lowest BCUT2D eigenvalue weighted by atomic mass is 10.2. The number of hydrogen-bond acceptors (Lipinski definition) is 4. The zero-order valence-corrected chi connectivity index (χ0v) is 14.5. The Morgan fingerprint density at radius 2 is 1.71 bits per heavy atom. The molecule has 0 aliphatic carbocycles. The molecular formula is C18H21N3O2S. The van der Waals surface area contributed by atoms with E-state index in [9.17, 15) is 8.42 Å². The second-order valence-corrected chi connectivity index (χ2v) is 7.40. The van der Waals surface area contributed by atoms with Gasteiger partial charge in [0.1, 0.15) is 10.7 Å². The Hall–Kier alpha value is -2.18. The first kappa shape index (κ1) is 16.7. The highest BCUT2D eigenvalue weighted by atomic mass is 32.2. The number of sulfonamides is 1. The third-order valence-electron chi connectivity index (χ3n) is 3.84. The summed E-state index contributed by atoms with van der Waals surface area (Å²) in [5, 5.41) is 3.16. The number of hydrogen-bond donors (Lipinski definition) is 1. The Kier molecular flexibility index (Phi) is 4.97. The van der Waals surface area contributed by atoms with Gasteiger partial charge in [-0.2, -0.15) is 8.42 Å². The fourth-order valence-corrected chi connectivity index (χ4v) is 3.96. The number of rotatable bonds is 6. The average Bonchev–Trinajstić information content (AvgIpc) is 2.55. The van der Waals surface area contributed by atoms with Crippen molar-refractivity contribution in [3.63, 3.8) is 0 Å². The lowest BCUT2D eigenvalue weighted by molar-refractivity contribution is 0.303. The monoisotopic (exact) mass is 343 g/mol. The van der Waals surface area contributed by atoms with Crippen molar-refractivity contribution in [3.05, 3.63) is 60.2 Å². The summed E-state index contributed by atoms with van der Waals surface area (Å²) >= 11 is 0. The molecule has 0 radical (unpaired) electrons. The smallest absolute Gasteiger partial charge is 0.286 e. The molecule has 0 spiro atoms. The molecule has 0 unspecified atom stereocenters. The summed E-state index contributed by atoms with van der Waals surface area (Å²) in [7, 11) is -3.63. The summed E-state index contributed by atoms with van der Waals surface area (Å²) in [5.41, 5.74) is 1.80. The van der Waals surface area contributed by atoms with Gasteiger partial charge < -0.3 is 5.32 Å². The highest BCUT2D eigenvalue weighted by Crippen LogP contribution is 2.26. The van der Waals surface area contributed by atoms with Crippen LogP contribution in [0.4, 0.5) is 5.69 Å². The van der Waals surface area contributed by atoms with Crippen LogP contribution in [0.15, 0.2) is 63.9 Å². The summed E-state index contributed by atoms with van der Waals surface area (Å²) in [4.78, 5) is 2.43. The van der Waals surface area contributed by atoms with Crippen molar-refractivity contribution in [1.82, 2.24) is 4.90 Å². The highest BCUT2D eigenvalue weighted by molar-refractivity contribution is 7.90. The van der Waals surface area contributed by atoms with E-state index >= 15 is 0 Å². The van der Waals surface area contributed by atoms with Crippen LogP contribution in [-0.4, -0.2) is 32.2 Å². The fourth-order valence-electron chi connectivity index (χ4n) is 2.82. The number of para-hydroxylation sites is 1. The van der Waals surface area contributed by atoms with E-state index < -0.39 is 10.0 Å². The van der Waals surface area contributed by atoms with Crippen molar-refractivity contribution in [3.8, 4) is 0 Å². The van der Waals surface area contributed by atoms with Gasteiger partial charge in [-0.05, 0) is 30.7 Å². The normalized spacial score (nSPS) is 15.5. The molecule has 0 bridgehead atoms. The molecule has 3 rings (SSSR count). The molecule has 0 saturated carbocycles. The van der Waals surface area contributed by atoms with Crippen LogP contribution in [0.25, 0.3) is 0 Å². The lowest BCUT2D eigenvalue weighted by Crippen LogP contribution is -2.35. The molecule has 5 nitrogen and oxygen atoms in total. The number of fused-ring (bicyclic) bond motifs is 1. The molecule has 1 N–H and O–H groups in total. The lowest BCUT2D eigenvalue weighted by Gasteiger charge is -2.25. The molecule has 1 heterocycles. The van der Waals surface area contributed by atoms with E-state index in [2.05, 4.69) is 33.7 Å². The minimum atomic E-state index is -3.63. The number of nitrogens with zero attached hydrogens (tertiary/aromatic N) is 2. The molecule has 6 heteroatoms. The molecule has 0 saturated heterocycles. The van der Waals surface area contributed by atoms with Gasteiger partial charge in [-0.15, -0.1) is 4.40 Å². The maximum atomic E-state index is 12.3. The van der Waals surface area contributed by atoms with Crippen LogP contribution in [0.3, 0.4) is 0 Å². The molecule has 0 fully saturated rings. The fraction of sp³-hybridized carbons (Fsp3) is 0.278. The van der Waals surface area contributed by atoms with E-state index in [1.807, 2.05) is 24.3 Å². The van der Waals surface area contributed by atoms with Crippen molar-refractivity contribution >= 4 is 21.5 Å². The van der Waals surface area contributed by atoms with Crippen molar-refractivity contribution in [1.29, 1.82) is 0 Å². The van der Waals surface area contributed by atoms with Crippen LogP contribution < -0.4 is 5.32 Å². The van der Waals surface area contributed by atoms with Crippen LogP contribution in [-0.2, 0) is 16.6 Å². The van der Waals surface area contributed by atoms with Gasteiger partial charge in [0.25, 0.3) is 10.0 Å². The number of anilines is 1. The Morgan fingerprint density at radius 1 is 1.00 bits per heavy atom. The first-order valence-corrected chi connectivity index (χ1v) is 9.48. The van der Waals surface area contributed by atoms with Gasteiger partial charge in [-0.25, -0.2) is 0 Å². The van der Waals surface area contributed by atoms with E-state index in [4.69, 9.17) is 0 Å². The maximum Gasteiger partial charge on any atom is 0.286 e. The average molecular weight is 343 g/mol. The van der Waals surface area contributed by atoms with E-state index in [1.54, 1.807) is 18.2 Å². The van der Waals surface area contributed by atoms with Crippen molar-refractivity contribution in [2.45, 2.75) is 24.8 Å². The molecule has 1 aliphatic rings. The second-order valence-electron chi connectivity index (χ2n) is 5.83. The van der Waals surface area contributed by atoms with Crippen LogP contribution in [0.1, 0.15) is 18.9 Å². The predicted molar refractivity (Wildman–Crippen MR) is 96.7 cm³/mol. The van der Waals surface area contributed by atoms with Crippen LogP contribution in [0.2, 0.25) is 0 Å². The summed E-state index contributed by atoms with van der Waals surface area (Å²) in [5.74, 6) is 0.470. The van der Waals surface area contributed by atoms with Crippen molar-refractivity contribution in [2.24, 2.45) is 4.40 Å². The van der Waals surface area contributed by atoms with Gasteiger partial charge in [0.05, 0.1) is 12.2 Å². The molecule has 1 aliphatic heterocycles. The van der Waals surface area contributed by atoms with Crippen LogP contribution in [0, 0.1) is 0 Å². The summed E-state index contributed by atoms with van der Waals surface area (Å²) in [6.07, 6.45) is 0.990. The molecule has 0 aromatic heterocycles. The summed E-state index contributed by atoms with van der Waals surface area (Å²) < 4.78 is 28.6. The van der Waals surface area contributed by atoms with Gasteiger partial charge in [0, 0.05) is 6.54 Å². The molecule has 2 aromatic carbocycles. The topological polar surface area (TPSA) is 61.8 Å². The third-order valence-corrected chi connectivity index (χ3v) is 5.21. The molecule has 0 amide bonds. The first-order valence-electron chi connectivity index (χ1n) is 8.04. The summed E-state index contributed by atoms with van der Waals surface area (Å²) in [6.45, 7) is 4.21. The highest BCUT2D eigenvalue weighted by Gasteiger charge is 2.25. The predicted octanol–water partition coefficient (Wildman–Crippen LogP) is 3.11. The number of amidine groups is 1. The molecule has 0 atom stereocenters. The second kappa shape index (κ2) is 7.15. The Balaban J connectivity index is 1.79. The molecule has 126 valence electrons. The van der Waals surface area contributed by atoms with Crippen molar-refractivity contribution < 1.29 is 8.42 Å². The summed E-state index contributed by atoms with van der Waals surface area (Å²) in [6, 6.07) is 17.0. The first-order chi connectivity index (χ1) is 11.6. The van der Waals surface area contributed by atoms with E-state index in [0.717, 1.165) is 19.5 Å². The minimum Gasteiger partial charge on any atom is -0.341 e. The Labute approximate surface area is 143 Å². The minimum absolute atomic E-state index is 0.235. The maximum absolute atomic E-state index is 12.3. The molecular weight excluding hydrogens is 322 g/mol. The zero-order chi connectivity index (χ0) is 17.0. The van der Waals surface area contributed by atoms with Gasteiger partial charge in [0.15, 0.2) is 0 Å². The third kappa shape index (κ3) is 3.83. The van der Waals surface area contributed by atoms with E-state index in [1.165, 1.54) is 5.56 Å². The standard InChI is InChI=1S/C18H21N3O2S/c1-2-12-21(13-15-8-4-3-5-9-15)14-18-19-16-10-6-7-11-17(16)24(22,23)20-18/h3-11H,2,12-14H2,1H3,(H,19,20). The van der Waals surface area contributed by atoms with Gasteiger partial charge in [0.2, 0.25) is 0 Å². The van der Waals surface area contributed by atoms with Crippen LogP contribution >= 0.6 is 0 Å². The largest absolute Gasteiger partial charge is 0.341 e.